The molecule has 1 unspecified atom stereocenters. The minimum Gasteiger partial charge on any atom is -0.481 e. The van der Waals surface area contributed by atoms with Crippen molar-refractivity contribution in [2.24, 2.45) is 5.41 Å². The lowest BCUT2D eigenvalue weighted by Gasteiger charge is -2.30. The predicted octanol–water partition coefficient (Wildman–Crippen LogP) is 2.38. The second-order valence-corrected chi connectivity index (χ2v) is 6.84. The van der Waals surface area contributed by atoms with Gasteiger partial charge in [-0.05, 0) is 19.3 Å². The van der Waals surface area contributed by atoms with Crippen molar-refractivity contribution >= 4 is 23.2 Å². The number of aromatic nitrogens is 1. The molecule has 0 fully saturated rings. The van der Waals surface area contributed by atoms with Crippen LogP contribution in [0.3, 0.4) is 0 Å². The number of carboxylic acid groups (broad SMARTS) is 1. The zero-order valence-electron chi connectivity index (χ0n) is 11.9. The van der Waals surface area contributed by atoms with Crippen LogP contribution in [-0.2, 0) is 4.79 Å². The van der Waals surface area contributed by atoms with Crippen LogP contribution in [-0.4, -0.2) is 28.0 Å². The Morgan fingerprint density at radius 2 is 1.95 bits per heavy atom. The SMILES string of the molecule is Cc1nc(C)c(C(=O)NC(CC(=O)O)C(C)(C)C)s1. The quantitative estimate of drug-likeness (QED) is 0.889. The van der Waals surface area contributed by atoms with Crippen LogP contribution < -0.4 is 5.32 Å². The van der Waals surface area contributed by atoms with E-state index in [-0.39, 0.29) is 17.7 Å². The number of carboxylic acids is 1. The van der Waals surface area contributed by atoms with Crippen molar-refractivity contribution in [1.29, 1.82) is 0 Å². The Kier molecular flexibility index (Phi) is 4.68. The molecule has 19 heavy (non-hydrogen) atoms. The van der Waals surface area contributed by atoms with Gasteiger partial charge in [0.05, 0.1) is 17.1 Å². The number of carbonyl (C=O) groups is 2. The van der Waals surface area contributed by atoms with E-state index in [1.807, 2.05) is 27.7 Å². The summed E-state index contributed by atoms with van der Waals surface area (Å²) in [5, 5.41) is 12.6. The van der Waals surface area contributed by atoms with Gasteiger partial charge < -0.3 is 10.4 Å². The predicted molar refractivity (Wildman–Crippen MR) is 74.6 cm³/mol. The van der Waals surface area contributed by atoms with Crippen molar-refractivity contribution in [3.8, 4) is 0 Å². The van der Waals surface area contributed by atoms with Crippen molar-refractivity contribution < 1.29 is 14.7 Å². The Labute approximate surface area is 117 Å². The smallest absolute Gasteiger partial charge is 0.305 e. The Bertz CT molecular complexity index is 489. The number of aryl methyl sites for hydroxylation is 2. The third-order valence-corrected chi connectivity index (χ3v) is 3.91. The Morgan fingerprint density at radius 3 is 2.32 bits per heavy atom. The van der Waals surface area contributed by atoms with E-state index >= 15 is 0 Å². The molecule has 6 heteroatoms. The number of hydrogen-bond donors (Lipinski definition) is 2. The van der Waals surface area contributed by atoms with Gasteiger partial charge in [0.25, 0.3) is 5.91 Å². The van der Waals surface area contributed by atoms with E-state index in [4.69, 9.17) is 5.11 Å². The first-order valence-electron chi connectivity index (χ1n) is 6.08. The lowest BCUT2D eigenvalue weighted by Crippen LogP contribution is -2.45. The summed E-state index contributed by atoms with van der Waals surface area (Å²) in [6.07, 6.45) is -0.0912. The Hall–Kier alpha value is -1.43. The molecule has 0 radical (unpaired) electrons. The highest BCUT2D eigenvalue weighted by molar-refractivity contribution is 7.13. The average molecular weight is 284 g/mol. The fourth-order valence-corrected chi connectivity index (χ4v) is 2.54. The third-order valence-electron chi connectivity index (χ3n) is 2.84. The van der Waals surface area contributed by atoms with Crippen LogP contribution in [0.1, 0.15) is 47.6 Å². The Morgan fingerprint density at radius 1 is 1.37 bits per heavy atom. The molecule has 0 aromatic carbocycles. The first-order chi connectivity index (χ1) is 8.61. The number of aliphatic carboxylic acids is 1. The summed E-state index contributed by atoms with van der Waals surface area (Å²) in [7, 11) is 0. The number of rotatable bonds is 4. The summed E-state index contributed by atoms with van der Waals surface area (Å²) in [6, 6.07) is -0.417. The molecule has 0 spiro atoms. The fourth-order valence-electron chi connectivity index (χ4n) is 1.71. The molecule has 106 valence electrons. The highest BCUT2D eigenvalue weighted by Gasteiger charge is 2.29. The summed E-state index contributed by atoms with van der Waals surface area (Å²) < 4.78 is 0. The maximum Gasteiger partial charge on any atom is 0.305 e. The Balaban J connectivity index is 2.88. The van der Waals surface area contributed by atoms with Gasteiger partial charge in [0.1, 0.15) is 4.88 Å². The van der Waals surface area contributed by atoms with Gasteiger partial charge in [-0.1, -0.05) is 20.8 Å². The topological polar surface area (TPSA) is 79.3 Å². The van der Waals surface area contributed by atoms with E-state index in [2.05, 4.69) is 10.3 Å². The van der Waals surface area contributed by atoms with E-state index in [0.29, 0.717) is 10.6 Å². The van der Waals surface area contributed by atoms with Crippen LogP contribution >= 0.6 is 11.3 Å². The van der Waals surface area contributed by atoms with Crippen molar-refractivity contribution in [2.75, 3.05) is 0 Å². The first-order valence-corrected chi connectivity index (χ1v) is 6.89. The molecule has 1 aromatic heterocycles. The van der Waals surface area contributed by atoms with Crippen LogP contribution in [0.25, 0.3) is 0 Å². The van der Waals surface area contributed by atoms with Crippen molar-refractivity contribution in [3.05, 3.63) is 15.6 Å². The van der Waals surface area contributed by atoms with Crippen LogP contribution in [0.15, 0.2) is 0 Å². The molecule has 1 heterocycles. The monoisotopic (exact) mass is 284 g/mol. The number of nitrogens with one attached hydrogen (secondary N) is 1. The molecule has 1 rings (SSSR count). The second kappa shape index (κ2) is 5.69. The largest absolute Gasteiger partial charge is 0.481 e. The second-order valence-electron chi connectivity index (χ2n) is 5.64. The standard InChI is InChI=1S/C13H20N2O3S/c1-7-11(19-8(2)14-7)12(18)15-9(6-10(16)17)13(3,4)5/h9H,6H2,1-5H3,(H,15,18)(H,16,17). The highest BCUT2D eigenvalue weighted by Crippen LogP contribution is 2.24. The number of thiazole rings is 1. The minimum atomic E-state index is -0.919. The molecular formula is C13H20N2O3S. The van der Waals surface area contributed by atoms with Gasteiger partial charge in [-0.25, -0.2) is 4.98 Å². The molecule has 0 aliphatic heterocycles. The van der Waals surface area contributed by atoms with Crippen LogP contribution in [0.2, 0.25) is 0 Å². The molecule has 0 saturated carbocycles. The summed E-state index contributed by atoms with van der Waals surface area (Å²) in [5.74, 6) is -1.17. The van der Waals surface area contributed by atoms with Crippen molar-refractivity contribution in [3.63, 3.8) is 0 Å². The van der Waals surface area contributed by atoms with E-state index in [1.54, 1.807) is 6.92 Å². The molecule has 1 amide bonds. The van der Waals surface area contributed by atoms with E-state index in [9.17, 15) is 9.59 Å². The molecule has 0 saturated heterocycles. The average Bonchev–Trinajstić information content (AvgIpc) is 2.54. The number of hydrogen-bond acceptors (Lipinski definition) is 4. The van der Waals surface area contributed by atoms with Gasteiger partial charge in [0.2, 0.25) is 0 Å². The summed E-state index contributed by atoms with van der Waals surface area (Å²) in [5.41, 5.74) is 0.366. The lowest BCUT2D eigenvalue weighted by molar-refractivity contribution is -0.138. The number of nitrogens with zero attached hydrogens (tertiary/aromatic N) is 1. The molecule has 0 aliphatic rings. The van der Waals surface area contributed by atoms with Crippen LogP contribution in [0.5, 0.6) is 0 Å². The maximum atomic E-state index is 12.2. The lowest BCUT2D eigenvalue weighted by atomic mass is 9.84. The zero-order valence-corrected chi connectivity index (χ0v) is 12.7. The van der Waals surface area contributed by atoms with Crippen LogP contribution in [0.4, 0.5) is 0 Å². The van der Waals surface area contributed by atoms with Gasteiger partial charge in [-0.3, -0.25) is 9.59 Å². The van der Waals surface area contributed by atoms with Crippen molar-refractivity contribution in [2.45, 2.75) is 47.1 Å². The van der Waals surface area contributed by atoms with Crippen molar-refractivity contribution in [1.82, 2.24) is 10.3 Å². The molecule has 1 atom stereocenters. The summed E-state index contributed by atoms with van der Waals surface area (Å²) >= 11 is 1.32. The van der Waals surface area contributed by atoms with Gasteiger partial charge in [-0.2, -0.15) is 0 Å². The summed E-state index contributed by atoms with van der Waals surface area (Å²) in [4.78, 5) is 27.8. The third kappa shape index (κ3) is 4.31. The fraction of sp³-hybridized carbons (Fsp3) is 0.615. The molecule has 5 nitrogen and oxygen atoms in total. The molecule has 1 aromatic rings. The van der Waals surface area contributed by atoms with E-state index < -0.39 is 12.0 Å². The molecule has 0 bridgehead atoms. The number of carbonyl (C=O) groups excluding carboxylic acids is 1. The van der Waals surface area contributed by atoms with E-state index in [0.717, 1.165) is 5.01 Å². The molecule has 0 aliphatic carbocycles. The van der Waals surface area contributed by atoms with Gasteiger partial charge in [-0.15, -0.1) is 11.3 Å². The van der Waals surface area contributed by atoms with Gasteiger partial charge >= 0.3 is 5.97 Å². The van der Waals surface area contributed by atoms with Gasteiger partial charge in [0.15, 0.2) is 0 Å². The van der Waals surface area contributed by atoms with Crippen LogP contribution in [0, 0.1) is 19.3 Å². The normalized spacial score (nSPS) is 13.1. The summed E-state index contributed by atoms with van der Waals surface area (Å²) in [6.45, 7) is 9.34. The molecular weight excluding hydrogens is 264 g/mol. The highest BCUT2D eigenvalue weighted by atomic mass is 32.1. The maximum absolute atomic E-state index is 12.2. The van der Waals surface area contributed by atoms with Gasteiger partial charge in [0, 0.05) is 6.04 Å². The minimum absolute atomic E-state index is 0.0912. The molecule has 2 N–H and O–H groups in total. The van der Waals surface area contributed by atoms with E-state index in [1.165, 1.54) is 11.3 Å². The zero-order chi connectivity index (χ0) is 14.8. The number of amides is 1. The first kappa shape index (κ1) is 15.6.